The quantitative estimate of drug-likeness (QED) is 0.774. The van der Waals surface area contributed by atoms with Crippen LogP contribution in [0.1, 0.15) is 23.9 Å². The minimum Gasteiger partial charge on any atom is -0.337 e. The molecule has 0 fully saturated rings. The first-order valence-corrected chi connectivity index (χ1v) is 9.21. The van der Waals surface area contributed by atoms with Gasteiger partial charge in [-0.2, -0.15) is 5.10 Å². The molecule has 0 bridgehead atoms. The predicted octanol–water partition coefficient (Wildman–Crippen LogP) is 1.49. The summed E-state index contributed by atoms with van der Waals surface area (Å²) in [6.07, 6.45) is 0. The summed E-state index contributed by atoms with van der Waals surface area (Å²) in [7, 11) is -3.74. The Labute approximate surface area is 146 Å². The molecule has 2 aromatic rings. The van der Waals surface area contributed by atoms with Crippen LogP contribution in [0, 0.1) is 19.7 Å². The molecule has 9 heteroatoms. The number of carbonyl (C=O) groups is 1. The summed E-state index contributed by atoms with van der Waals surface area (Å²) in [5, 5.41) is 6.49. The van der Waals surface area contributed by atoms with Crippen LogP contribution in [0.25, 0.3) is 0 Å². The number of aromatic amines is 1. The van der Waals surface area contributed by atoms with E-state index < -0.39 is 15.8 Å². The van der Waals surface area contributed by atoms with Crippen molar-refractivity contribution in [1.29, 1.82) is 0 Å². The highest BCUT2D eigenvalue weighted by atomic mass is 32.2. The normalized spacial score (nSPS) is 11.5. The van der Waals surface area contributed by atoms with E-state index in [2.05, 4.69) is 14.9 Å². The van der Waals surface area contributed by atoms with Crippen LogP contribution in [0.15, 0.2) is 29.2 Å². The molecule has 0 atom stereocenters. The molecule has 0 unspecified atom stereocenters. The smallest absolute Gasteiger partial charge is 0.244 e. The highest BCUT2D eigenvalue weighted by Gasteiger charge is 2.22. The molecule has 1 amide bonds. The standard InChI is InChI=1S/C16H21FN4O3S/c1-11-16(12(2)20-19-11)25(23,24)18-8-9-21(13(3)22)10-14-6-4-5-7-15(14)17/h4-7,18H,8-10H2,1-3H3,(H,19,20). The first-order valence-electron chi connectivity index (χ1n) is 7.72. The summed E-state index contributed by atoms with van der Waals surface area (Å²) < 4.78 is 40.9. The van der Waals surface area contributed by atoms with Gasteiger partial charge in [0, 0.05) is 32.1 Å². The van der Waals surface area contributed by atoms with Crippen molar-refractivity contribution in [2.24, 2.45) is 0 Å². The van der Waals surface area contributed by atoms with Crippen molar-refractivity contribution in [3.05, 3.63) is 47.0 Å². The van der Waals surface area contributed by atoms with Crippen LogP contribution in [0.2, 0.25) is 0 Å². The fourth-order valence-corrected chi connectivity index (χ4v) is 3.89. The zero-order chi connectivity index (χ0) is 18.6. The van der Waals surface area contributed by atoms with Gasteiger partial charge in [0.15, 0.2) is 0 Å². The molecule has 0 aliphatic rings. The third-order valence-electron chi connectivity index (χ3n) is 3.77. The third-order valence-corrected chi connectivity index (χ3v) is 5.49. The number of carbonyl (C=O) groups excluding carboxylic acids is 1. The number of benzene rings is 1. The molecule has 0 saturated heterocycles. The molecule has 2 N–H and O–H groups in total. The lowest BCUT2D eigenvalue weighted by Crippen LogP contribution is -2.37. The SMILES string of the molecule is CC(=O)N(CCNS(=O)(=O)c1c(C)n[nH]c1C)Cc1ccccc1F. The van der Waals surface area contributed by atoms with Gasteiger partial charge in [-0.15, -0.1) is 0 Å². The van der Waals surface area contributed by atoms with Gasteiger partial charge in [0.2, 0.25) is 15.9 Å². The average molecular weight is 368 g/mol. The second-order valence-electron chi connectivity index (χ2n) is 5.69. The fraction of sp³-hybridized carbons (Fsp3) is 0.375. The van der Waals surface area contributed by atoms with Gasteiger partial charge in [0.25, 0.3) is 0 Å². The molecule has 0 radical (unpaired) electrons. The Hall–Kier alpha value is -2.26. The maximum atomic E-state index is 13.7. The van der Waals surface area contributed by atoms with Crippen molar-refractivity contribution in [3.63, 3.8) is 0 Å². The van der Waals surface area contributed by atoms with Crippen LogP contribution in [-0.2, 0) is 21.4 Å². The zero-order valence-electron chi connectivity index (χ0n) is 14.3. The maximum absolute atomic E-state index is 13.7. The Balaban J connectivity index is 2.03. The number of H-pyrrole nitrogens is 1. The molecule has 1 heterocycles. The molecular formula is C16H21FN4O3S. The first kappa shape index (κ1) is 19.1. The van der Waals surface area contributed by atoms with Crippen molar-refractivity contribution in [1.82, 2.24) is 19.8 Å². The molecular weight excluding hydrogens is 347 g/mol. The number of nitrogens with one attached hydrogen (secondary N) is 2. The molecule has 0 saturated carbocycles. The van der Waals surface area contributed by atoms with Crippen molar-refractivity contribution >= 4 is 15.9 Å². The molecule has 2 rings (SSSR count). The number of halogens is 1. The number of amides is 1. The molecule has 0 aliphatic carbocycles. The molecule has 0 aliphatic heterocycles. The number of hydrogen-bond acceptors (Lipinski definition) is 4. The van der Waals surface area contributed by atoms with Crippen molar-refractivity contribution < 1.29 is 17.6 Å². The monoisotopic (exact) mass is 368 g/mol. The highest BCUT2D eigenvalue weighted by molar-refractivity contribution is 7.89. The minimum absolute atomic E-state index is 0.0143. The number of aryl methyl sites for hydroxylation is 2. The minimum atomic E-state index is -3.74. The molecule has 7 nitrogen and oxygen atoms in total. The fourth-order valence-electron chi connectivity index (χ4n) is 2.50. The van der Waals surface area contributed by atoms with E-state index in [9.17, 15) is 17.6 Å². The summed E-state index contributed by atoms with van der Waals surface area (Å²) >= 11 is 0. The molecule has 1 aromatic carbocycles. The lowest BCUT2D eigenvalue weighted by atomic mass is 10.2. The van der Waals surface area contributed by atoms with Crippen molar-refractivity contribution in [2.45, 2.75) is 32.2 Å². The van der Waals surface area contributed by atoms with Crippen LogP contribution >= 0.6 is 0 Å². The van der Waals surface area contributed by atoms with E-state index in [1.165, 1.54) is 17.9 Å². The van der Waals surface area contributed by atoms with Gasteiger partial charge in [0.05, 0.1) is 11.4 Å². The summed E-state index contributed by atoms with van der Waals surface area (Å²) in [6, 6.07) is 6.17. The summed E-state index contributed by atoms with van der Waals surface area (Å²) in [5.74, 6) is -0.669. The van der Waals surface area contributed by atoms with Gasteiger partial charge in [-0.25, -0.2) is 17.5 Å². The van der Waals surface area contributed by atoms with E-state index in [-0.39, 0.29) is 30.4 Å². The van der Waals surface area contributed by atoms with E-state index in [4.69, 9.17) is 0 Å². The zero-order valence-corrected chi connectivity index (χ0v) is 15.2. The Kier molecular flexibility index (Phi) is 5.91. The van der Waals surface area contributed by atoms with Gasteiger partial charge >= 0.3 is 0 Å². The Bertz CT molecular complexity index is 845. The number of nitrogens with zero attached hydrogens (tertiary/aromatic N) is 2. The Morgan fingerprint density at radius 2 is 2.00 bits per heavy atom. The van der Waals surface area contributed by atoms with Gasteiger partial charge < -0.3 is 4.90 Å². The number of aromatic nitrogens is 2. The Morgan fingerprint density at radius 1 is 1.32 bits per heavy atom. The van der Waals surface area contributed by atoms with Crippen LogP contribution in [0.5, 0.6) is 0 Å². The second kappa shape index (κ2) is 7.75. The first-order chi connectivity index (χ1) is 11.7. The largest absolute Gasteiger partial charge is 0.337 e. The van der Waals surface area contributed by atoms with Crippen LogP contribution in [0.4, 0.5) is 4.39 Å². The van der Waals surface area contributed by atoms with Gasteiger partial charge in [0.1, 0.15) is 10.7 Å². The van der Waals surface area contributed by atoms with Crippen molar-refractivity contribution in [3.8, 4) is 0 Å². The molecule has 0 spiro atoms. The summed E-state index contributed by atoms with van der Waals surface area (Å²) in [6.45, 7) is 4.79. The lowest BCUT2D eigenvalue weighted by Gasteiger charge is -2.21. The number of sulfonamides is 1. The maximum Gasteiger partial charge on any atom is 0.244 e. The van der Waals surface area contributed by atoms with E-state index in [1.54, 1.807) is 32.0 Å². The van der Waals surface area contributed by atoms with E-state index in [0.29, 0.717) is 17.0 Å². The second-order valence-corrected chi connectivity index (χ2v) is 7.40. The van der Waals surface area contributed by atoms with E-state index >= 15 is 0 Å². The van der Waals surface area contributed by atoms with Gasteiger partial charge in [-0.05, 0) is 19.9 Å². The van der Waals surface area contributed by atoms with Crippen molar-refractivity contribution in [2.75, 3.05) is 13.1 Å². The van der Waals surface area contributed by atoms with E-state index in [1.807, 2.05) is 0 Å². The van der Waals surface area contributed by atoms with Crippen LogP contribution < -0.4 is 4.72 Å². The highest BCUT2D eigenvalue weighted by Crippen LogP contribution is 2.16. The average Bonchev–Trinajstić information content (AvgIpc) is 2.87. The Morgan fingerprint density at radius 3 is 2.56 bits per heavy atom. The lowest BCUT2D eigenvalue weighted by molar-refractivity contribution is -0.129. The van der Waals surface area contributed by atoms with Crippen LogP contribution in [-0.4, -0.2) is 42.5 Å². The van der Waals surface area contributed by atoms with Gasteiger partial charge in [-0.3, -0.25) is 9.89 Å². The number of hydrogen-bond donors (Lipinski definition) is 2. The molecule has 25 heavy (non-hydrogen) atoms. The van der Waals surface area contributed by atoms with Crippen LogP contribution in [0.3, 0.4) is 0 Å². The topological polar surface area (TPSA) is 95.2 Å². The summed E-state index contributed by atoms with van der Waals surface area (Å²) in [5.41, 5.74) is 1.20. The van der Waals surface area contributed by atoms with Gasteiger partial charge in [-0.1, -0.05) is 18.2 Å². The predicted molar refractivity (Wildman–Crippen MR) is 90.7 cm³/mol. The summed E-state index contributed by atoms with van der Waals surface area (Å²) in [4.78, 5) is 13.3. The molecule has 136 valence electrons. The van der Waals surface area contributed by atoms with E-state index in [0.717, 1.165) is 0 Å². The number of rotatable bonds is 7. The molecule has 1 aromatic heterocycles. The third kappa shape index (κ3) is 4.64.